The van der Waals surface area contributed by atoms with Crippen molar-refractivity contribution >= 4 is 16.9 Å². The van der Waals surface area contributed by atoms with Crippen LogP contribution in [0.15, 0.2) is 76.4 Å². The first-order valence-electron chi connectivity index (χ1n) is 10.6. The first-order valence-corrected chi connectivity index (χ1v) is 10.6. The molecule has 0 atom stereocenters. The summed E-state index contributed by atoms with van der Waals surface area (Å²) < 4.78 is 5.30. The summed E-state index contributed by atoms with van der Waals surface area (Å²) in [5.74, 6) is 0.592. The number of rotatable bonds is 7. The van der Waals surface area contributed by atoms with Gasteiger partial charge in [-0.15, -0.1) is 0 Å². The van der Waals surface area contributed by atoms with Crippen molar-refractivity contribution in [3.63, 3.8) is 0 Å². The fourth-order valence-electron chi connectivity index (χ4n) is 4.09. The van der Waals surface area contributed by atoms with Gasteiger partial charge in [-0.2, -0.15) is 4.98 Å². The van der Waals surface area contributed by atoms with E-state index in [0.717, 1.165) is 23.2 Å². The van der Waals surface area contributed by atoms with Crippen LogP contribution in [0, 0.1) is 0 Å². The zero-order valence-corrected chi connectivity index (χ0v) is 17.4. The summed E-state index contributed by atoms with van der Waals surface area (Å²) in [6.45, 7) is 1.06. The molecule has 8 heteroatoms. The van der Waals surface area contributed by atoms with Crippen LogP contribution in [0.4, 0.5) is 0 Å². The van der Waals surface area contributed by atoms with Gasteiger partial charge in [-0.25, -0.2) is 4.79 Å². The van der Waals surface area contributed by atoms with E-state index in [1.54, 1.807) is 4.40 Å². The first kappa shape index (κ1) is 20.0. The number of imidazole rings is 2. The number of hydrogen-bond acceptors (Lipinski definition) is 4. The summed E-state index contributed by atoms with van der Waals surface area (Å²) in [5.41, 5.74) is 2.62. The highest BCUT2D eigenvalue weighted by Crippen LogP contribution is 2.26. The van der Waals surface area contributed by atoms with E-state index in [0.29, 0.717) is 36.5 Å². The van der Waals surface area contributed by atoms with Gasteiger partial charge in [0.1, 0.15) is 0 Å². The van der Waals surface area contributed by atoms with Crippen LogP contribution < -0.4 is 11.2 Å². The molecule has 0 radical (unpaired) electrons. The summed E-state index contributed by atoms with van der Waals surface area (Å²) in [6, 6.07) is 19.5. The van der Waals surface area contributed by atoms with Crippen molar-refractivity contribution in [2.24, 2.45) is 0 Å². The molecule has 3 aromatic heterocycles. The maximum absolute atomic E-state index is 12.8. The van der Waals surface area contributed by atoms with E-state index < -0.39 is 11.2 Å². The second-order valence-corrected chi connectivity index (χ2v) is 7.75. The number of nitrogens with zero attached hydrogens (tertiary/aromatic N) is 4. The average Bonchev–Trinajstić information content (AvgIpc) is 3.35. The SMILES string of the molecule is O=c1[nH]c(=O)n(Cc2ccccc2)c2nc3n(CCCCO)c(-c4ccccc4)cn3c12. The Morgan fingerprint density at radius 1 is 0.906 bits per heavy atom. The van der Waals surface area contributed by atoms with Crippen molar-refractivity contribution in [1.29, 1.82) is 0 Å². The molecule has 162 valence electrons. The summed E-state index contributed by atoms with van der Waals surface area (Å²) in [6.07, 6.45) is 3.32. The number of fused-ring (bicyclic) bond motifs is 3. The second-order valence-electron chi connectivity index (χ2n) is 7.75. The summed E-state index contributed by atoms with van der Waals surface area (Å²) in [4.78, 5) is 32.7. The highest BCUT2D eigenvalue weighted by Gasteiger charge is 2.20. The predicted octanol–water partition coefficient (Wildman–Crippen LogP) is 2.63. The van der Waals surface area contributed by atoms with Gasteiger partial charge in [-0.1, -0.05) is 60.7 Å². The molecule has 5 aromatic rings. The van der Waals surface area contributed by atoms with Gasteiger partial charge in [0.05, 0.1) is 12.2 Å². The van der Waals surface area contributed by atoms with Gasteiger partial charge < -0.3 is 9.67 Å². The molecule has 0 aliphatic rings. The van der Waals surface area contributed by atoms with Gasteiger partial charge in [-0.05, 0) is 24.0 Å². The molecule has 0 unspecified atom stereocenters. The molecule has 0 amide bonds. The largest absolute Gasteiger partial charge is 0.396 e. The molecule has 5 rings (SSSR count). The third-order valence-corrected chi connectivity index (χ3v) is 5.64. The Morgan fingerprint density at radius 2 is 1.62 bits per heavy atom. The van der Waals surface area contributed by atoms with Crippen LogP contribution in [0.25, 0.3) is 28.2 Å². The van der Waals surface area contributed by atoms with E-state index in [1.165, 1.54) is 4.57 Å². The number of nitrogens with one attached hydrogen (secondary N) is 1. The molecule has 0 aliphatic heterocycles. The number of aliphatic hydroxyl groups is 1. The minimum absolute atomic E-state index is 0.116. The fourth-order valence-corrected chi connectivity index (χ4v) is 4.09. The molecule has 0 saturated heterocycles. The van der Waals surface area contributed by atoms with E-state index in [4.69, 9.17) is 4.98 Å². The van der Waals surface area contributed by atoms with Crippen LogP contribution in [-0.2, 0) is 13.1 Å². The molecule has 2 aromatic carbocycles. The Morgan fingerprint density at radius 3 is 2.34 bits per heavy atom. The summed E-state index contributed by atoms with van der Waals surface area (Å²) in [5, 5.41) is 9.24. The Hall–Kier alpha value is -3.91. The number of unbranched alkanes of at least 4 members (excludes halogenated alkanes) is 1. The number of hydrogen-bond donors (Lipinski definition) is 2. The smallest absolute Gasteiger partial charge is 0.330 e. The van der Waals surface area contributed by atoms with Crippen molar-refractivity contribution in [2.75, 3.05) is 6.61 Å². The zero-order valence-electron chi connectivity index (χ0n) is 17.4. The lowest BCUT2D eigenvalue weighted by Gasteiger charge is -2.09. The standard InChI is InChI=1S/C24H23N5O3/c30-14-8-7-13-27-19(18-11-5-2-6-12-18)16-28-20-21(25-23(27)28)29(24(32)26-22(20)31)15-17-9-3-1-4-10-17/h1-6,9-12,16,30H,7-8,13-15H2,(H,26,31,32). The van der Waals surface area contributed by atoms with Crippen LogP contribution in [0.5, 0.6) is 0 Å². The lowest BCUT2D eigenvalue weighted by atomic mass is 10.1. The maximum atomic E-state index is 12.8. The maximum Gasteiger partial charge on any atom is 0.330 e. The number of aliphatic hydroxyl groups excluding tert-OH is 1. The number of aromatic amines is 1. The molecule has 0 aliphatic carbocycles. The molecular formula is C24H23N5O3. The lowest BCUT2D eigenvalue weighted by molar-refractivity contribution is 0.281. The average molecular weight is 429 g/mol. The van der Waals surface area contributed by atoms with E-state index in [1.807, 2.05) is 71.4 Å². The first-order chi connectivity index (χ1) is 15.7. The number of H-pyrrole nitrogens is 1. The Bertz CT molecular complexity index is 1490. The minimum Gasteiger partial charge on any atom is -0.396 e. The minimum atomic E-state index is -0.484. The number of aromatic nitrogens is 5. The number of benzene rings is 2. The third-order valence-electron chi connectivity index (χ3n) is 5.64. The molecule has 2 N–H and O–H groups in total. The van der Waals surface area contributed by atoms with Crippen LogP contribution in [0.2, 0.25) is 0 Å². The van der Waals surface area contributed by atoms with E-state index in [9.17, 15) is 14.7 Å². The quantitative estimate of drug-likeness (QED) is 0.389. The van der Waals surface area contributed by atoms with Crippen LogP contribution >= 0.6 is 0 Å². The monoisotopic (exact) mass is 429 g/mol. The van der Waals surface area contributed by atoms with Crippen molar-refractivity contribution < 1.29 is 5.11 Å². The third kappa shape index (κ3) is 3.44. The number of aryl methyl sites for hydroxylation is 1. The molecule has 0 bridgehead atoms. The van der Waals surface area contributed by atoms with Gasteiger partial charge in [0.2, 0.25) is 5.78 Å². The van der Waals surface area contributed by atoms with Crippen LogP contribution in [0.3, 0.4) is 0 Å². The van der Waals surface area contributed by atoms with E-state index >= 15 is 0 Å². The molecule has 0 saturated carbocycles. The van der Waals surface area contributed by atoms with Gasteiger partial charge in [0, 0.05) is 19.3 Å². The van der Waals surface area contributed by atoms with Crippen molar-refractivity contribution in [2.45, 2.75) is 25.9 Å². The summed E-state index contributed by atoms with van der Waals surface area (Å²) in [7, 11) is 0. The predicted molar refractivity (Wildman–Crippen MR) is 123 cm³/mol. The Balaban J connectivity index is 1.75. The Labute approximate surface area is 183 Å². The summed E-state index contributed by atoms with van der Waals surface area (Å²) >= 11 is 0. The topological polar surface area (TPSA) is 97.3 Å². The highest BCUT2D eigenvalue weighted by atomic mass is 16.3. The van der Waals surface area contributed by atoms with Crippen LogP contribution in [-0.4, -0.2) is 35.2 Å². The lowest BCUT2D eigenvalue weighted by Crippen LogP contribution is -2.31. The highest BCUT2D eigenvalue weighted by molar-refractivity contribution is 5.78. The Kier molecular flexibility index (Phi) is 5.20. The molecule has 8 nitrogen and oxygen atoms in total. The van der Waals surface area contributed by atoms with Gasteiger partial charge in [0.15, 0.2) is 11.2 Å². The van der Waals surface area contributed by atoms with E-state index in [2.05, 4.69) is 4.98 Å². The molecular weight excluding hydrogens is 406 g/mol. The van der Waals surface area contributed by atoms with Crippen LogP contribution in [0.1, 0.15) is 18.4 Å². The van der Waals surface area contributed by atoms with Gasteiger partial charge in [0.25, 0.3) is 5.56 Å². The normalized spacial score (nSPS) is 11.5. The second kappa shape index (κ2) is 8.32. The van der Waals surface area contributed by atoms with Crippen molar-refractivity contribution in [1.82, 2.24) is 23.5 Å². The molecule has 32 heavy (non-hydrogen) atoms. The molecule has 0 spiro atoms. The van der Waals surface area contributed by atoms with E-state index in [-0.39, 0.29) is 6.61 Å². The van der Waals surface area contributed by atoms with Gasteiger partial charge >= 0.3 is 5.69 Å². The fraction of sp³-hybridized carbons (Fsp3) is 0.208. The molecule has 0 fully saturated rings. The molecule has 3 heterocycles. The zero-order chi connectivity index (χ0) is 22.1. The van der Waals surface area contributed by atoms with Crippen molar-refractivity contribution in [3.8, 4) is 11.3 Å². The van der Waals surface area contributed by atoms with Gasteiger partial charge in [-0.3, -0.25) is 18.7 Å². The van der Waals surface area contributed by atoms with Crippen molar-refractivity contribution in [3.05, 3.63) is 93.3 Å².